The van der Waals surface area contributed by atoms with Crippen molar-refractivity contribution in [3.8, 4) is 23.0 Å². The van der Waals surface area contributed by atoms with E-state index in [9.17, 15) is 9.90 Å². The largest absolute Gasteiger partial charge is 0.493 e. The van der Waals surface area contributed by atoms with Crippen LogP contribution in [0.3, 0.4) is 0 Å². The zero-order chi connectivity index (χ0) is 17.3. The molecule has 0 saturated carbocycles. The van der Waals surface area contributed by atoms with Gasteiger partial charge in [0.15, 0.2) is 29.1 Å². The van der Waals surface area contributed by atoms with Crippen molar-refractivity contribution >= 4 is 17.6 Å². The second kappa shape index (κ2) is 6.49. The molecule has 0 aromatic heterocycles. The van der Waals surface area contributed by atoms with Crippen molar-refractivity contribution in [3.63, 3.8) is 0 Å². The quantitative estimate of drug-likeness (QED) is 0.911. The third kappa shape index (κ3) is 2.80. The number of rotatable bonds is 4. The zero-order valence-corrected chi connectivity index (χ0v) is 13.7. The molecule has 24 heavy (non-hydrogen) atoms. The van der Waals surface area contributed by atoms with Gasteiger partial charge in [0.1, 0.15) is 0 Å². The molecule has 0 bridgehead atoms. The molecule has 126 valence electrons. The number of carbonyl (C=O) groups is 1. The number of ether oxygens (including phenoxy) is 4. The molecule has 2 unspecified atom stereocenters. The van der Waals surface area contributed by atoms with E-state index in [-0.39, 0.29) is 0 Å². The lowest BCUT2D eigenvalue weighted by molar-refractivity contribution is -0.151. The summed E-state index contributed by atoms with van der Waals surface area (Å²) in [6.45, 7) is 0. The lowest BCUT2D eigenvalue weighted by Crippen LogP contribution is -2.39. The van der Waals surface area contributed by atoms with E-state index in [0.717, 1.165) is 0 Å². The van der Waals surface area contributed by atoms with Crippen molar-refractivity contribution in [2.24, 2.45) is 0 Å². The van der Waals surface area contributed by atoms with Gasteiger partial charge in [-0.15, -0.1) is 0 Å². The summed E-state index contributed by atoms with van der Waals surface area (Å²) in [5.74, 6) is 0.456. The van der Waals surface area contributed by atoms with Gasteiger partial charge in [-0.3, -0.25) is 0 Å². The minimum absolute atomic E-state index is 0.290. The number of carboxylic acid groups (broad SMARTS) is 1. The van der Waals surface area contributed by atoms with Crippen molar-refractivity contribution in [2.45, 2.75) is 12.2 Å². The van der Waals surface area contributed by atoms with Gasteiger partial charge in [0.25, 0.3) is 0 Å². The van der Waals surface area contributed by atoms with Crippen LogP contribution in [0.25, 0.3) is 0 Å². The van der Waals surface area contributed by atoms with Gasteiger partial charge in [0.05, 0.1) is 19.2 Å². The summed E-state index contributed by atoms with van der Waals surface area (Å²) in [5.41, 5.74) is 0.513. The number of hydrogen-bond acceptors (Lipinski definition) is 5. The smallest absolute Gasteiger partial charge is 0.349 e. The van der Waals surface area contributed by atoms with Gasteiger partial charge in [-0.1, -0.05) is 23.7 Å². The Labute approximate surface area is 143 Å². The van der Waals surface area contributed by atoms with E-state index in [1.54, 1.807) is 36.4 Å². The second-order valence-corrected chi connectivity index (χ2v) is 5.51. The summed E-state index contributed by atoms with van der Waals surface area (Å²) < 4.78 is 21.9. The summed E-state index contributed by atoms with van der Waals surface area (Å²) in [6.07, 6.45) is -2.09. The molecule has 6 nitrogen and oxygen atoms in total. The van der Waals surface area contributed by atoms with Gasteiger partial charge >= 0.3 is 5.97 Å². The van der Waals surface area contributed by atoms with Gasteiger partial charge in [0, 0.05) is 5.56 Å². The summed E-state index contributed by atoms with van der Waals surface area (Å²) in [5, 5.41) is 9.79. The van der Waals surface area contributed by atoms with Gasteiger partial charge in [-0.2, -0.15) is 0 Å². The number of aliphatic carboxylic acids is 1. The Kier molecular flexibility index (Phi) is 4.40. The van der Waals surface area contributed by atoms with E-state index >= 15 is 0 Å². The number of carboxylic acids is 1. The molecule has 2 aromatic carbocycles. The second-order valence-electron chi connectivity index (χ2n) is 5.10. The molecular weight excluding hydrogens is 336 g/mol. The van der Waals surface area contributed by atoms with Crippen LogP contribution in [-0.4, -0.2) is 31.4 Å². The summed E-state index contributed by atoms with van der Waals surface area (Å²) in [6, 6.07) is 10.1. The number of halogens is 1. The Morgan fingerprint density at radius 1 is 1.12 bits per heavy atom. The average Bonchev–Trinajstić information content (AvgIpc) is 2.59. The average molecular weight is 351 g/mol. The highest BCUT2D eigenvalue weighted by molar-refractivity contribution is 6.32. The fourth-order valence-corrected chi connectivity index (χ4v) is 2.86. The topological polar surface area (TPSA) is 74.2 Å². The van der Waals surface area contributed by atoms with Crippen molar-refractivity contribution in [1.29, 1.82) is 0 Å². The van der Waals surface area contributed by atoms with Crippen LogP contribution in [-0.2, 0) is 4.79 Å². The number of fused-ring (bicyclic) bond motifs is 1. The third-order valence-electron chi connectivity index (χ3n) is 3.66. The predicted octanol–water partition coefficient (Wildman–Crippen LogP) is 3.32. The number of benzene rings is 2. The Morgan fingerprint density at radius 3 is 2.38 bits per heavy atom. The van der Waals surface area contributed by atoms with Crippen LogP contribution in [0.4, 0.5) is 0 Å². The first-order valence-electron chi connectivity index (χ1n) is 7.11. The van der Waals surface area contributed by atoms with Gasteiger partial charge in [-0.05, 0) is 24.3 Å². The Balaban J connectivity index is 2.06. The highest BCUT2D eigenvalue weighted by atomic mass is 35.5. The van der Waals surface area contributed by atoms with Gasteiger partial charge in [-0.25, -0.2) is 4.79 Å². The minimum atomic E-state index is -1.21. The molecule has 0 fully saturated rings. The number of methoxy groups -OCH3 is 2. The van der Waals surface area contributed by atoms with E-state index in [4.69, 9.17) is 30.5 Å². The van der Waals surface area contributed by atoms with E-state index in [1.165, 1.54) is 14.2 Å². The molecule has 1 aliphatic rings. The monoisotopic (exact) mass is 350 g/mol. The van der Waals surface area contributed by atoms with Crippen LogP contribution in [0, 0.1) is 0 Å². The molecule has 0 spiro atoms. The summed E-state index contributed by atoms with van der Waals surface area (Å²) in [4.78, 5) is 11.6. The fraction of sp³-hybridized carbons (Fsp3) is 0.235. The Bertz CT molecular complexity index is 776. The Morgan fingerprint density at radius 2 is 1.79 bits per heavy atom. The van der Waals surface area contributed by atoms with Crippen molar-refractivity contribution in [3.05, 3.63) is 47.0 Å². The molecule has 1 N–H and O–H groups in total. The van der Waals surface area contributed by atoms with Crippen LogP contribution >= 0.6 is 11.6 Å². The minimum Gasteiger partial charge on any atom is -0.493 e. The van der Waals surface area contributed by atoms with Crippen molar-refractivity contribution < 1.29 is 28.8 Å². The Hall–Kier alpha value is -2.60. The normalized spacial score (nSPS) is 18.8. The van der Waals surface area contributed by atoms with Crippen LogP contribution in [0.2, 0.25) is 5.02 Å². The lowest BCUT2D eigenvalue weighted by Gasteiger charge is -2.32. The highest BCUT2D eigenvalue weighted by Crippen LogP contribution is 2.43. The molecule has 0 radical (unpaired) electrons. The first-order chi connectivity index (χ1) is 11.5. The molecule has 1 aliphatic heterocycles. The molecule has 0 aliphatic carbocycles. The van der Waals surface area contributed by atoms with E-state index < -0.39 is 18.2 Å². The molecule has 1 heterocycles. The van der Waals surface area contributed by atoms with Gasteiger partial charge in [0.2, 0.25) is 6.10 Å². The molecule has 0 amide bonds. The SMILES string of the molecule is COc1cc(C2Oc3ccccc3OC2C(=O)O)cc(Cl)c1OC. The third-order valence-corrected chi connectivity index (χ3v) is 3.94. The lowest BCUT2D eigenvalue weighted by atomic mass is 10.0. The van der Waals surface area contributed by atoms with E-state index in [2.05, 4.69) is 0 Å². The van der Waals surface area contributed by atoms with Crippen LogP contribution in [0.5, 0.6) is 23.0 Å². The maximum absolute atomic E-state index is 11.6. The molecule has 3 rings (SSSR count). The van der Waals surface area contributed by atoms with Crippen molar-refractivity contribution in [2.75, 3.05) is 14.2 Å². The molecule has 2 aromatic rings. The zero-order valence-electron chi connectivity index (χ0n) is 13.0. The first kappa shape index (κ1) is 16.3. The maximum atomic E-state index is 11.6. The van der Waals surface area contributed by atoms with E-state index in [0.29, 0.717) is 33.6 Å². The van der Waals surface area contributed by atoms with Crippen LogP contribution < -0.4 is 18.9 Å². The molecule has 0 saturated heterocycles. The summed E-state index contributed by atoms with van der Waals surface area (Å²) in [7, 11) is 2.94. The van der Waals surface area contributed by atoms with Gasteiger partial charge < -0.3 is 24.1 Å². The molecule has 2 atom stereocenters. The van der Waals surface area contributed by atoms with Crippen molar-refractivity contribution in [1.82, 2.24) is 0 Å². The number of para-hydroxylation sites is 2. The number of hydrogen-bond donors (Lipinski definition) is 1. The van der Waals surface area contributed by atoms with E-state index in [1.807, 2.05) is 0 Å². The van der Waals surface area contributed by atoms with Crippen LogP contribution in [0.1, 0.15) is 11.7 Å². The fourth-order valence-electron chi connectivity index (χ4n) is 2.57. The highest BCUT2D eigenvalue weighted by Gasteiger charge is 2.39. The van der Waals surface area contributed by atoms with Crippen LogP contribution in [0.15, 0.2) is 36.4 Å². The molecular formula is C17H15ClO6. The standard InChI is InChI=1S/C17H15ClO6/c1-21-13-8-9(7-10(18)15(13)22-2)14-16(17(19)20)24-12-6-4-3-5-11(12)23-14/h3-8,14,16H,1-2H3,(H,19,20). The summed E-state index contributed by atoms with van der Waals surface area (Å²) >= 11 is 6.21. The predicted molar refractivity (Wildman–Crippen MR) is 86.4 cm³/mol. The first-order valence-corrected chi connectivity index (χ1v) is 7.49. The maximum Gasteiger partial charge on any atom is 0.349 e. The molecule has 7 heteroatoms.